The number of aromatic carboxylic acids is 1. The fraction of sp³-hybridized carbons (Fsp3) is 0. The highest BCUT2D eigenvalue weighted by Gasteiger charge is 2.25. The predicted octanol–water partition coefficient (Wildman–Crippen LogP) is 2.89. The van der Waals surface area contributed by atoms with Crippen LogP contribution >= 0.6 is 11.8 Å². The lowest BCUT2D eigenvalue weighted by Gasteiger charge is -2.02. The molecule has 1 saturated heterocycles. The molecule has 0 aromatic heterocycles. The van der Waals surface area contributed by atoms with E-state index in [4.69, 9.17) is 0 Å². The molecule has 2 aromatic carbocycles. The third-order valence-electron chi connectivity index (χ3n) is 3.46. The molecular weight excluding hydrogens is 374 g/mol. The van der Waals surface area contributed by atoms with E-state index in [1.54, 1.807) is 6.07 Å². The van der Waals surface area contributed by atoms with E-state index in [0.29, 0.717) is 5.56 Å². The maximum atomic E-state index is 12.1. The first-order valence-electron chi connectivity index (χ1n) is 7.44. The van der Waals surface area contributed by atoms with Crippen LogP contribution in [0, 0.1) is 10.1 Å². The van der Waals surface area contributed by atoms with Gasteiger partial charge in [-0.05, 0) is 41.6 Å². The molecule has 0 radical (unpaired) electrons. The molecule has 27 heavy (non-hydrogen) atoms. The van der Waals surface area contributed by atoms with E-state index >= 15 is 0 Å². The Morgan fingerprint density at radius 3 is 2.74 bits per heavy atom. The van der Waals surface area contributed by atoms with Crippen LogP contribution in [0.2, 0.25) is 0 Å². The molecule has 2 aromatic rings. The number of nitrogens with zero attached hydrogens (tertiary/aromatic N) is 2. The van der Waals surface area contributed by atoms with Crippen LogP contribution in [0.5, 0.6) is 5.75 Å². The molecule has 0 spiro atoms. The van der Waals surface area contributed by atoms with Crippen LogP contribution in [0.15, 0.2) is 52.4 Å². The van der Waals surface area contributed by atoms with Gasteiger partial charge in [0, 0.05) is 12.1 Å². The number of hydrogen-bond acceptors (Lipinski definition) is 7. The number of carbonyl (C=O) groups excluding carboxylic acids is 1. The van der Waals surface area contributed by atoms with Gasteiger partial charge in [0.25, 0.3) is 11.6 Å². The number of aliphatic imine (C=N–C) groups is 1. The molecule has 1 heterocycles. The van der Waals surface area contributed by atoms with Gasteiger partial charge in [-0.1, -0.05) is 12.1 Å². The lowest BCUT2D eigenvalue weighted by atomic mass is 10.2. The van der Waals surface area contributed by atoms with Crippen molar-refractivity contribution < 1.29 is 24.7 Å². The van der Waals surface area contributed by atoms with Crippen LogP contribution in [0.1, 0.15) is 15.9 Å². The molecule has 0 saturated carbocycles. The maximum Gasteiger partial charge on any atom is 0.338 e. The van der Waals surface area contributed by atoms with Gasteiger partial charge in [-0.25, -0.2) is 9.79 Å². The Bertz CT molecular complexity index is 1030. The van der Waals surface area contributed by atoms with Crippen molar-refractivity contribution in [2.75, 3.05) is 0 Å². The zero-order valence-electron chi connectivity index (χ0n) is 13.4. The third kappa shape index (κ3) is 4.12. The summed E-state index contributed by atoms with van der Waals surface area (Å²) in [6.45, 7) is 0. The zero-order valence-corrected chi connectivity index (χ0v) is 14.3. The number of hydrogen-bond donors (Lipinski definition) is 3. The molecule has 0 bridgehead atoms. The number of benzene rings is 2. The number of carboxylic acid groups (broad SMARTS) is 1. The van der Waals surface area contributed by atoms with Gasteiger partial charge in [-0.2, -0.15) is 0 Å². The molecule has 0 unspecified atom stereocenters. The van der Waals surface area contributed by atoms with Crippen LogP contribution < -0.4 is 5.32 Å². The van der Waals surface area contributed by atoms with Crippen LogP contribution in [-0.2, 0) is 4.79 Å². The number of nitro groups is 1. The number of aromatic hydroxyl groups is 1. The number of nitro benzene ring substituents is 1. The lowest BCUT2D eigenvalue weighted by molar-refractivity contribution is -0.384. The van der Waals surface area contributed by atoms with Gasteiger partial charge in [0.15, 0.2) is 5.17 Å². The second-order valence-corrected chi connectivity index (χ2v) is 6.37. The largest absolute Gasteiger partial charge is 0.508 e. The van der Waals surface area contributed by atoms with Crippen molar-refractivity contribution in [1.82, 2.24) is 5.32 Å². The van der Waals surface area contributed by atoms with Crippen molar-refractivity contribution in [3.63, 3.8) is 0 Å². The van der Waals surface area contributed by atoms with Gasteiger partial charge in [-0.3, -0.25) is 14.9 Å². The molecule has 9 nitrogen and oxygen atoms in total. The van der Waals surface area contributed by atoms with Gasteiger partial charge in [0.2, 0.25) is 0 Å². The fourth-order valence-corrected chi connectivity index (χ4v) is 3.10. The molecule has 0 aliphatic carbocycles. The van der Waals surface area contributed by atoms with Crippen molar-refractivity contribution in [1.29, 1.82) is 0 Å². The molecule has 136 valence electrons. The van der Waals surface area contributed by atoms with E-state index in [1.165, 1.54) is 36.4 Å². The van der Waals surface area contributed by atoms with Gasteiger partial charge >= 0.3 is 5.97 Å². The second kappa shape index (κ2) is 7.30. The Labute approximate surface area is 156 Å². The summed E-state index contributed by atoms with van der Waals surface area (Å²) in [4.78, 5) is 38.0. The number of amidine groups is 1. The SMILES string of the molecule is O=C1NC(=Nc2ccc(O)cc2C(=O)O)S/C1=C\c1cccc([N+](=O)[O-])c1. The summed E-state index contributed by atoms with van der Waals surface area (Å²) in [5.74, 6) is -1.95. The first-order valence-corrected chi connectivity index (χ1v) is 8.25. The van der Waals surface area contributed by atoms with Crippen LogP contribution in [-0.4, -0.2) is 32.2 Å². The number of carboxylic acids is 1. The highest BCUT2D eigenvalue weighted by Crippen LogP contribution is 2.31. The number of carbonyl (C=O) groups is 2. The molecule has 0 atom stereocenters. The zero-order chi connectivity index (χ0) is 19.6. The average Bonchev–Trinajstić information content (AvgIpc) is 2.95. The minimum atomic E-state index is -1.27. The predicted molar refractivity (Wildman–Crippen MR) is 99.0 cm³/mol. The first-order chi connectivity index (χ1) is 12.8. The van der Waals surface area contributed by atoms with Crippen LogP contribution in [0.25, 0.3) is 6.08 Å². The molecule has 1 amide bonds. The van der Waals surface area contributed by atoms with E-state index in [9.17, 15) is 29.9 Å². The van der Waals surface area contributed by atoms with E-state index in [-0.39, 0.29) is 32.8 Å². The van der Waals surface area contributed by atoms with E-state index in [2.05, 4.69) is 10.3 Å². The van der Waals surface area contributed by atoms with Crippen molar-refractivity contribution in [3.8, 4) is 5.75 Å². The standard InChI is InChI=1S/C17H11N3O6S/c21-11-4-5-13(12(8-11)16(23)24)18-17-19-15(22)14(27-17)7-9-2-1-3-10(6-9)20(25)26/h1-8,21H,(H,23,24)(H,18,19,22)/b14-7-. The second-order valence-electron chi connectivity index (χ2n) is 5.34. The summed E-state index contributed by atoms with van der Waals surface area (Å²) >= 11 is 0.972. The molecule has 3 rings (SSSR count). The number of phenolic OH excluding ortho intramolecular Hbond substituents is 1. The molecule has 1 aliphatic rings. The van der Waals surface area contributed by atoms with Crippen LogP contribution in [0.4, 0.5) is 11.4 Å². The lowest BCUT2D eigenvalue weighted by Crippen LogP contribution is -2.19. The first kappa shape index (κ1) is 18.1. The number of nitrogens with one attached hydrogen (secondary N) is 1. The Morgan fingerprint density at radius 1 is 1.26 bits per heavy atom. The third-order valence-corrected chi connectivity index (χ3v) is 4.37. The number of amides is 1. The molecular formula is C17H11N3O6S. The van der Waals surface area contributed by atoms with E-state index in [0.717, 1.165) is 17.8 Å². The number of thioether (sulfide) groups is 1. The summed E-state index contributed by atoms with van der Waals surface area (Å²) in [5.41, 5.74) is 0.226. The Hall–Kier alpha value is -3.66. The molecule has 1 aliphatic heterocycles. The van der Waals surface area contributed by atoms with Gasteiger partial charge in [-0.15, -0.1) is 0 Å². The number of non-ortho nitro benzene ring substituents is 1. The summed E-state index contributed by atoms with van der Waals surface area (Å²) in [6, 6.07) is 9.46. The normalized spacial score (nSPS) is 16.5. The Morgan fingerprint density at radius 2 is 2.04 bits per heavy atom. The topological polar surface area (TPSA) is 142 Å². The fourth-order valence-electron chi connectivity index (χ4n) is 2.26. The van der Waals surface area contributed by atoms with E-state index in [1.807, 2.05) is 0 Å². The maximum absolute atomic E-state index is 12.1. The monoisotopic (exact) mass is 385 g/mol. The summed E-state index contributed by atoms with van der Waals surface area (Å²) in [7, 11) is 0. The summed E-state index contributed by atoms with van der Waals surface area (Å²) in [6.07, 6.45) is 1.48. The molecule has 3 N–H and O–H groups in total. The summed E-state index contributed by atoms with van der Waals surface area (Å²) in [5, 5.41) is 32.1. The Kier molecular flexibility index (Phi) is 4.90. The smallest absolute Gasteiger partial charge is 0.338 e. The van der Waals surface area contributed by atoms with Gasteiger partial charge in [0.1, 0.15) is 5.75 Å². The van der Waals surface area contributed by atoms with Crippen molar-refractivity contribution in [2.24, 2.45) is 4.99 Å². The van der Waals surface area contributed by atoms with Crippen molar-refractivity contribution >= 4 is 46.3 Å². The van der Waals surface area contributed by atoms with Gasteiger partial charge < -0.3 is 15.5 Å². The molecule has 1 fully saturated rings. The van der Waals surface area contributed by atoms with Crippen molar-refractivity contribution in [2.45, 2.75) is 0 Å². The van der Waals surface area contributed by atoms with Gasteiger partial charge in [0.05, 0.1) is 21.1 Å². The van der Waals surface area contributed by atoms with Crippen LogP contribution in [0.3, 0.4) is 0 Å². The minimum absolute atomic E-state index is 0.0692. The average molecular weight is 385 g/mol. The van der Waals surface area contributed by atoms with E-state index < -0.39 is 16.8 Å². The highest BCUT2D eigenvalue weighted by atomic mass is 32.2. The minimum Gasteiger partial charge on any atom is -0.508 e. The Balaban J connectivity index is 1.90. The quantitative estimate of drug-likeness (QED) is 0.417. The number of phenols is 1. The molecule has 10 heteroatoms. The van der Waals surface area contributed by atoms with Crippen molar-refractivity contribution in [3.05, 3.63) is 68.6 Å². The summed E-state index contributed by atoms with van der Waals surface area (Å²) < 4.78 is 0. The highest BCUT2D eigenvalue weighted by molar-refractivity contribution is 8.18. The number of rotatable bonds is 4.